The number of hydrogen-bond acceptors (Lipinski definition) is 0. The molecule has 0 fully saturated rings. The van der Waals surface area contributed by atoms with E-state index in [-0.39, 0.29) is 0 Å². The van der Waals surface area contributed by atoms with Gasteiger partial charge in [-0.2, -0.15) is 0 Å². The molecule has 1 aromatic heterocycles. The smallest absolute Gasteiger partial charge is 0.0420 e. The van der Waals surface area contributed by atoms with Crippen LogP contribution in [0.2, 0.25) is 0 Å². The molecule has 2 atom stereocenters. The third-order valence-corrected chi connectivity index (χ3v) is 5.17. The summed E-state index contributed by atoms with van der Waals surface area (Å²) in [7, 11) is -2.63. The van der Waals surface area contributed by atoms with Crippen LogP contribution in [0.4, 0.5) is 8.39 Å². The van der Waals surface area contributed by atoms with Crippen molar-refractivity contribution in [2.75, 3.05) is 0 Å². The van der Waals surface area contributed by atoms with Gasteiger partial charge in [0.05, 0.1) is 0 Å². The average Bonchev–Trinajstić information content (AvgIpc) is 1.64. The number of rotatable bonds is 0. The Balaban J connectivity index is 3.08. The van der Waals surface area contributed by atoms with Gasteiger partial charge in [-0.25, -0.2) is 0 Å². The van der Waals surface area contributed by atoms with E-state index < -0.39 is 15.7 Å². The fourth-order valence-corrected chi connectivity index (χ4v) is 4.51. The molecule has 0 aliphatic carbocycles. The lowest BCUT2D eigenvalue weighted by atomic mass is 11.9. The molecule has 0 amide bonds. The van der Waals surface area contributed by atoms with E-state index in [1.807, 2.05) is 0 Å². The lowest BCUT2D eigenvalue weighted by Crippen LogP contribution is -1.34. The average molecular weight is 170 g/mol. The lowest BCUT2D eigenvalue weighted by Gasteiger charge is -1.61. The lowest BCUT2D eigenvalue weighted by molar-refractivity contribution is 0.915. The van der Waals surface area contributed by atoms with Gasteiger partial charge in [0.25, 0.3) is 24.8 Å². The van der Waals surface area contributed by atoms with E-state index in [0.29, 0.717) is 8.19 Å². The van der Waals surface area contributed by atoms with Crippen LogP contribution in [0.25, 0.3) is 0 Å². The van der Waals surface area contributed by atoms with Gasteiger partial charge in [0.15, 0.2) is 0 Å². The van der Waals surface area contributed by atoms with E-state index in [1.54, 1.807) is 0 Å². The Kier molecular flexibility index (Phi) is 2.26. The molecule has 1 aromatic rings. The molecule has 5 heteroatoms. The van der Waals surface area contributed by atoms with Crippen molar-refractivity contribution in [3.63, 3.8) is 0 Å². The quantitative estimate of drug-likeness (QED) is 0.545. The number of halogens is 2. The van der Waals surface area contributed by atoms with E-state index in [0.717, 1.165) is 5.53 Å². The van der Waals surface area contributed by atoms with Crippen LogP contribution in [0.5, 0.6) is 0 Å². The molecule has 2 unspecified atom stereocenters. The second-order valence-corrected chi connectivity index (χ2v) is 5.63. The first-order chi connectivity index (χ1) is 3.79. The molecule has 0 aliphatic heterocycles. The number of hydrogen-bond donors (Lipinski definition) is 0. The van der Waals surface area contributed by atoms with Gasteiger partial charge in [0, 0.05) is 0 Å². The second kappa shape index (κ2) is 2.78. The highest BCUT2D eigenvalue weighted by Gasteiger charge is 2.11. The third-order valence-electron chi connectivity index (χ3n) is 0.575. The molecule has 0 bridgehead atoms. The minimum atomic E-state index is -1.67. The van der Waals surface area contributed by atoms with Gasteiger partial charge < -0.3 is 0 Å². The summed E-state index contributed by atoms with van der Waals surface area (Å²) in [5, 5.41) is 0. The Labute approximate surface area is 49.7 Å². The second-order valence-electron chi connectivity index (χ2n) is 1.18. The van der Waals surface area contributed by atoms with Crippen LogP contribution in [0.3, 0.4) is 0 Å². The molecule has 8 heavy (non-hydrogen) atoms. The Morgan fingerprint density at radius 3 is 1.88 bits per heavy atom. The van der Waals surface area contributed by atoms with Crippen LogP contribution in [0.1, 0.15) is 0 Å². The molecular weight excluding hydrogens is 167 g/mol. The summed E-state index contributed by atoms with van der Waals surface area (Å²) in [4.78, 5) is 0. The maximum atomic E-state index is 12.1. The Hall–Kier alpha value is 0.370. The summed E-state index contributed by atoms with van der Waals surface area (Å²) < 4.78 is 24.3. The van der Waals surface area contributed by atoms with Crippen LogP contribution in [0.15, 0.2) is 16.6 Å². The van der Waals surface area contributed by atoms with Gasteiger partial charge in [-0.05, 0) is 8.39 Å². The van der Waals surface area contributed by atoms with Gasteiger partial charge in [0.2, 0.25) is 0 Å². The standard InChI is InChI=1S/C3H3F2P3/c4-7-1-6-2-8(5)3-7/h1-3H/q+2. The summed E-state index contributed by atoms with van der Waals surface area (Å²) in [5.41, 5.74) is 4.11. The van der Waals surface area contributed by atoms with Crippen LogP contribution < -0.4 is 0 Å². The van der Waals surface area contributed by atoms with Crippen LogP contribution in [0, 0.1) is 0 Å². The van der Waals surface area contributed by atoms with Gasteiger partial charge in [-0.3, -0.25) is 0 Å². The van der Waals surface area contributed by atoms with Crippen LogP contribution in [-0.2, 0) is 0 Å². The monoisotopic (exact) mass is 170 g/mol. The highest BCUT2D eigenvalue weighted by Crippen LogP contribution is 2.43. The molecule has 0 saturated heterocycles. The predicted molar refractivity (Wildman–Crippen MR) is 36.2 cm³/mol. The topological polar surface area (TPSA) is 0 Å². The van der Waals surface area contributed by atoms with Crippen molar-refractivity contribution in [1.82, 2.24) is 0 Å². The first-order valence-corrected chi connectivity index (χ1v) is 5.66. The molecule has 0 N–H and O–H groups in total. The van der Waals surface area contributed by atoms with E-state index in [9.17, 15) is 8.39 Å². The van der Waals surface area contributed by atoms with Crippen molar-refractivity contribution < 1.29 is 8.39 Å². The molecule has 0 radical (unpaired) electrons. The minimum absolute atomic E-state index is 0.713. The van der Waals surface area contributed by atoms with Crippen molar-refractivity contribution in [2.24, 2.45) is 0 Å². The zero-order valence-electron chi connectivity index (χ0n) is 3.83. The molecule has 0 saturated carbocycles. The summed E-state index contributed by atoms with van der Waals surface area (Å²) >= 11 is 0. The highest BCUT2D eigenvalue weighted by atomic mass is 31.2. The van der Waals surface area contributed by atoms with Crippen molar-refractivity contribution in [3.8, 4) is 0 Å². The highest BCUT2D eigenvalue weighted by molar-refractivity contribution is 7.65. The first-order valence-electron chi connectivity index (χ1n) is 1.89. The van der Waals surface area contributed by atoms with E-state index in [1.165, 1.54) is 11.1 Å². The van der Waals surface area contributed by atoms with Crippen LogP contribution in [-0.4, -0.2) is 0 Å². The molecular formula is C3H3F2P3+2. The summed E-state index contributed by atoms with van der Waals surface area (Å²) in [5.74, 6) is 0. The largest absolute Gasteiger partial charge is 0.317 e. The normalized spacial score (nSPS) is 14.8. The molecule has 0 aliphatic rings. The van der Waals surface area contributed by atoms with Crippen molar-refractivity contribution >= 4 is 23.9 Å². The van der Waals surface area contributed by atoms with E-state index in [2.05, 4.69) is 0 Å². The zero-order chi connectivity index (χ0) is 5.98. The zero-order valence-corrected chi connectivity index (χ0v) is 6.51. The van der Waals surface area contributed by atoms with E-state index in [4.69, 9.17) is 0 Å². The minimum Gasteiger partial charge on any atom is -0.0420 e. The molecule has 42 valence electrons. The maximum Gasteiger partial charge on any atom is 0.317 e. The first kappa shape index (κ1) is 6.49. The fraction of sp³-hybridized carbons (Fsp3) is 0. The van der Waals surface area contributed by atoms with E-state index >= 15 is 0 Å². The van der Waals surface area contributed by atoms with Crippen molar-refractivity contribution in [3.05, 3.63) is 16.6 Å². The van der Waals surface area contributed by atoms with Crippen LogP contribution >= 0.6 is 23.9 Å². The Bertz CT molecular complexity index is 172. The molecule has 1 heterocycles. The Morgan fingerprint density at radius 2 is 1.62 bits per heavy atom. The summed E-state index contributed by atoms with van der Waals surface area (Å²) in [6, 6.07) is 0. The van der Waals surface area contributed by atoms with Gasteiger partial charge in [0.1, 0.15) is 0 Å². The third kappa shape index (κ3) is 1.71. The van der Waals surface area contributed by atoms with Gasteiger partial charge >= 0.3 is 15.7 Å². The predicted octanol–water partition coefficient (Wildman–Crippen LogP) is 4.27. The Morgan fingerprint density at radius 1 is 1.12 bits per heavy atom. The van der Waals surface area contributed by atoms with Gasteiger partial charge in [-0.15, -0.1) is 0 Å². The molecule has 0 nitrogen and oxygen atoms in total. The fourth-order valence-electron chi connectivity index (χ4n) is 0.322. The summed E-state index contributed by atoms with van der Waals surface area (Å²) in [6.45, 7) is 0. The SMILES string of the molecule is F[p+]1cpc[p+](F)c1. The maximum absolute atomic E-state index is 12.1. The van der Waals surface area contributed by atoms with Gasteiger partial charge in [-0.1, -0.05) is 0 Å². The molecule has 1 rings (SSSR count). The van der Waals surface area contributed by atoms with Crippen molar-refractivity contribution in [2.45, 2.75) is 0 Å². The molecule has 0 spiro atoms. The van der Waals surface area contributed by atoms with Crippen molar-refractivity contribution in [1.29, 1.82) is 0 Å². The molecule has 0 aromatic carbocycles. The summed E-state index contributed by atoms with van der Waals surface area (Å²) in [6.07, 6.45) is 0.